The summed E-state index contributed by atoms with van der Waals surface area (Å²) in [6.07, 6.45) is 2.66. The van der Waals surface area contributed by atoms with Gasteiger partial charge in [-0.3, -0.25) is 4.79 Å². The average Bonchev–Trinajstić information content (AvgIpc) is 2.20. The second-order valence-corrected chi connectivity index (χ2v) is 3.72. The fourth-order valence-electron chi connectivity index (χ4n) is 1.26. The number of anilines is 1. The standard InChI is InChI=1S/C11H12BrNO/c1-3-8(7-14)10-6-9(12)4-5-11(10)13-2/h3-7,13H,1-2H3/b8-3+. The molecule has 0 saturated carbocycles. The number of carbonyl (C=O) groups excluding carboxylic acids is 1. The molecular formula is C11H12BrNO. The van der Waals surface area contributed by atoms with Crippen LogP contribution in [0.3, 0.4) is 0 Å². The van der Waals surface area contributed by atoms with E-state index in [9.17, 15) is 4.79 Å². The van der Waals surface area contributed by atoms with E-state index in [1.54, 1.807) is 6.08 Å². The van der Waals surface area contributed by atoms with Crippen LogP contribution < -0.4 is 5.32 Å². The minimum atomic E-state index is 0.690. The van der Waals surface area contributed by atoms with Gasteiger partial charge in [0.2, 0.25) is 0 Å². The van der Waals surface area contributed by atoms with Crippen LogP contribution in [0.1, 0.15) is 12.5 Å². The lowest BCUT2D eigenvalue weighted by atomic mass is 10.1. The van der Waals surface area contributed by atoms with Crippen molar-refractivity contribution in [3.63, 3.8) is 0 Å². The zero-order valence-electron chi connectivity index (χ0n) is 8.17. The van der Waals surface area contributed by atoms with Crippen molar-refractivity contribution < 1.29 is 4.79 Å². The highest BCUT2D eigenvalue weighted by atomic mass is 79.9. The van der Waals surface area contributed by atoms with Gasteiger partial charge in [0.15, 0.2) is 0 Å². The Morgan fingerprint density at radius 3 is 2.71 bits per heavy atom. The van der Waals surface area contributed by atoms with E-state index >= 15 is 0 Å². The lowest BCUT2D eigenvalue weighted by molar-refractivity contribution is -0.103. The quantitative estimate of drug-likeness (QED) is 0.663. The first kappa shape index (κ1) is 11.0. The van der Waals surface area contributed by atoms with Crippen LogP contribution in [0.25, 0.3) is 5.57 Å². The van der Waals surface area contributed by atoms with Crippen LogP contribution in [-0.2, 0) is 4.79 Å². The van der Waals surface area contributed by atoms with Gasteiger partial charge in [0.25, 0.3) is 0 Å². The summed E-state index contributed by atoms with van der Waals surface area (Å²) < 4.78 is 0.965. The molecule has 0 aromatic heterocycles. The Labute approximate surface area is 92.1 Å². The van der Waals surface area contributed by atoms with Crippen molar-refractivity contribution in [1.29, 1.82) is 0 Å². The highest BCUT2D eigenvalue weighted by Gasteiger charge is 2.05. The van der Waals surface area contributed by atoms with Crippen molar-refractivity contribution in [2.24, 2.45) is 0 Å². The molecule has 0 heterocycles. The molecule has 0 saturated heterocycles. The third kappa shape index (κ3) is 2.23. The number of rotatable bonds is 3. The molecule has 0 amide bonds. The molecule has 0 spiro atoms. The van der Waals surface area contributed by atoms with Gasteiger partial charge in [0.05, 0.1) is 0 Å². The molecule has 0 radical (unpaired) electrons. The first-order valence-corrected chi connectivity index (χ1v) is 5.11. The average molecular weight is 254 g/mol. The van der Waals surface area contributed by atoms with Gasteiger partial charge in [0, 0.05) is 28.3 Å². The Kier molecular flexibility index (Phi) is 3.89. The second kappa shape index (κ2) is 4.96. The predicted octanol–water partition coefficient (Wildman–Crippen LogP) is 3.09. The van der Waals surface area contributed by atoms with Gasteiger partial charge in [-0.05, 0) is 25.1 Å². The lowest BCUT2D eigenvalue weighted by Crippen LogP contribution is -1.95. The van der Waals surface area contributed by atoms with E-state index in [1.807, 2.05) is 32.2 Å². The number of nitrogens with one attached hydrogen (secondary N) is 1. The minimum absolute atomic E-state index is 0.690. The molecule has 3 heteroatoms. The Hall–Kier alpha value is -1.09. The van der Waals surface area contributed by atoms with Crippen LogP contribution in [0.5, 0.6) is 0 Å². The van der Waals surface area contributed by atoms with Crippen molar-refractivity contribution in [2.75, 3.05) is 12.4 Å². The van der Waals surface area contributed by atoms with Gasteiger partial charge >= 0.3 is 0 Å². The van der Waals surface area contributed by atoms with E-state index in [0.717, 1.165) is 22.0 Å². The molecule has 1 aromatic carbocycles. The molecule has 0 atom stereocenters. The number of halogens is 1. The smallest absolute Gasteiger partial charge is 0.150 e. The fourth-order valence-corrected chi connectivity index (χ4v) is 1.62. The van der Waals surface area contributed by atoms with Gasteiger partial charge in [-0.1, -0.05) is 22.0 Å². The van der Waals surface area contributed by atoms with Gasteiger partial charge < -0.3 is 5.32 Å². The van der Waals surface area contributed by atoms with Crippen molar-refractivity contribution in [2.45, 2.75) is 6.92 Å². The summed E-state index contributed by atoms with van der Waals surface area (Å²) in [5, 5.41) is 3.05. The molecular weight excluding hydrogens is 242 g/mol. The van der Waals surface area contributed by atoms with Gasteiger partial charge in [0.1, 0.15) is 6.29 Å². The predicted molar refractivity (Wildman–Crippen MR) is 63.4 cm³/mol. The highest BCUT2D eigenvalue weighted by Crippen LogP contribution is 2.26. The highest BCUT2D eigenvalue weighted by molar-refractivity contribution is 9.10. The Bertz CT molecular complexity index is 372. The molecule has 0 bridgehead atoms. The minimum Gasteiger partial charge on any atom is -0.388 e. The largest absolute Gasteiger partial charge is 0.388 e. The third-order valence-electron chi connectivity index (χ3n) is 2.00. The van der Waals surface area contributed by atoms with Gasteiger partial charge in [-0.2, -0.15) is 0 Å². The molecule has 0 unspecified atom stereocenters. The molecule has 14 heavy (non-hydrogen) atoms. The maximum Gasteiger partial charge on any atom is 0.150 e. The Morgan fingerprint density at radius 1 is 1.50 bits per heavy atom. The molecule has 1 rings (SSSR count). The Morgan fingerprint density at radius 2 is 2.21 bits per heavy atom. The summed E-state index contributed by atoms with van der Waals surface area (Å²) in [5.74, 6) is 0. The summed E-state index contributed by atoms with van der Waals surface area (Å²) in [5.41, 5.74) is 2.56. The zero-order chi connectivity index (χ0) is 10.6. The normalized spacial score (nSPS) is 11.2. The maximum atomic E-state index is 10.8. The topological polar surface area (TPSA) is 29.1 Å². The van der Waals surface area contributed by atoms with Gasteiger partial charge in [-0.25, -0.2) is 0 Å². The summed E-state index contributed by atoms with van der Waals surface area (Å²) >= 11 is 3.38. The van der Waals surface area contributed by atoms with Gasteiger partial charge in [-0.15, -0.1) is 0 Å². The third-order valence-corrected chi connectivity index (χ3v) is 2.49. The van der Waals surface area contributed by atoms with E-state index < -0.39 is 0 Å². The summed E-state index contributed by atoms with van der Waals surface area (Å²) in [6.45, 7) is 1.85. The van der Waals surface area contributed by atoms with E-state index in [4.69, 9.17) is 0 Å². The molecule has 1 N–H and O–H groups in total. The SMILES string of the molecule is C/C=C(\C=O)c1cc(Br)ccc1NC. The molecule has 0 aliphatic carbocycles. The van der Waals surface area contributed by atoms with Crippen molar-refractivity contribution in [1.82, 2.24) is 0 Å². The number of hydrogen-bond acceptors (Lipinski definition) is 2. The van der Waals surface area contributed by atoms with Crippen LogP contribution in [0, 0.1) is 0 Å². The number of benzene rings is 1. The summed E-state index contributed by atoms with van der Waals surface area (Å²) in [7, 11) is 1.84. The van der Waals surface area contributed by atoms with Crippen LogP contribution in [0.15, 0.2) is 28.7 Å². The molecule has 74 valence electrons. The molecule has 0 fully saturated rings. The van der Waals surface area contributed by atoms with Crippen molar-refractivity contribution >= 4 is 33.5 Å². The number of hydrogen-bond donors (Lipinski definition) is 1. The number of aldehydes is 1. The van der Waals surface area contributed by atoms with Crippen molar-refractivity contribution in [3.8, 4) is 0 Å². The van der Waals surface area contributed by atoms with E-state index in [1.165, 1.54) is 0 Å². The van der Waals surface area contributed by atoms with Crippen LogP contribution in [0.4, 0.5) is 5.69 Å². The lowest BCUT2D eigenvalue weighted by Gasteiger charge is -2.08. The summed E-state index contributed by atoms with van der Waals surface area (Å²) in [4.78, 5) is 10.8. The molecule has 0 aliphatic rings. The van der Waals surface area contributed by atoms with Crippen LogP contribution in [-0.4, -0.2) is 13.3 Å². The molecule has 2 nitrogen and oxygen atoms in total. The monoisotopic (exact) mass is 253 g/mol. The molecule has 1 aromatic rings. The summed E-state index contributed by atoms with van der Waals surface area (Å²) in [6, 6.07) is 5.80. The van der Waals surface area contributed by atoms with Crippen molar-refractivity contribution in [3.05, 3.63) is 34.3 Å². The Balaban J connectivity index is 3.29. The first-order chi connectivity index (χ1) is 6.72. The second-order valence-electron chi connectivity index (χ2n) is 2.80. The maximum absolute atomic E-state index is 10.8. The van der Waals surface area contributed by atoms with Crippen LogP contribution >= 0.6 is 15.9 Å². The fraction of sp³-hybridized carbons (Fsp3) is 0.182. The number of allylic oxidation sites excluding steroid dienone is 2. The molecule has 0 aliphatic heterocycles. The van der Waals surface area contributed by atoms with E-state index in [0.29, 0.717) is 5.57 Å². The zero-order valence-corrected chi connectivity index (χ0v) is 9.76. The first-order valence-electron chi connectivity index (χ1n) is 4.32. The van der Waals surface area contributed by atoms with Crippen LogP contribution in [0.2, 0.25) is 0 Å². The number of carbonyl (C=O) groups is 1. The van der Waals surface area contributed by atoms with E-state index in [2.05, 4.69) is 21.2 Å². The van der Waals surface area contributed by atoms with E-state index in [-0.39, 0.29) is 0 Å².